The second-order valence-electron chi connectivity index (χ2n) is 8.47. The lowest BCUT2D eigenvalue weighted by Crippen LogP contribution is -2.49. The molecule has 6 nitrogen and oxygen atoms in total. The Kier molecular flexibility index (Phi) is 4.85. The molecule has 5 rings (SSSR count). The maximum absolute atomic E-state index is 13.3. The summed E-state index contributed by atoms with van der Waals surface area (Å²) < 4.78 is 5.16. The highest BCUT2D eigenvalue weighted by Crippen LogP contribution is 2.53. The summed E-state index contributed by atoms with van der Waals surface area (Å²) >= 11 is 0. The largest absolute Gasteiger partial charge is 0.497 e. The Labute approximate surface area is 180 Å². The van der Waals surface area contributed by atoms with Crippen LogP contribution in [0.25, 0.3) is 0 Å². The number of carbonyl (C=O) groups excluding carboxylic acids is 3. The van der Waals surface area contributed by atoms with Crippen molar-refractivity contribution < 1.29 is 19.1 Å². The number of likely N-dealkylation sites (tertiary alicyclic amines) is 1. The van der Waals surface area contributed by atoms with E-state index in [-0.39, 0.29) is 47.8 Å². The van der Waals surface area contributed by atoms with E-state index >= 15 is 0 Å². The number of nitrogens with one attached hydrogen (secondary N) is 1. The van der Waals surface area contributed by atoms with E-state index in [1.165, 1.54) is 4.90 Å². The lowest BCUT2D eigenvalue weighted by molar-refractivity contribution is -0.147. The van der Waals surface area contributed by atoms with Crippen molar-refractivity contribution in [3.8, 4) is 5.75 Å². The van der Waals surface area contributed by atoms with Crippen LogP contribution in [0.1, 0.15) is 12.0 Å². The maximum atomic E-state index is 13.3. The van der Waals surface area contributed by atoms with Crippen molar-refractivity contribution in [2.45, 2.75) is 18.9 Å². The molecule has 1 heterocycles. The zero-order valence-corrected chi connectivity index (χ0v) is 17.2. The normalized spacial score (nSPS) is 26.8. The molecule has 6 heteroatoms. The van der Waals surface area contributed by atoms with Crippen LogP contribution in [0.3, 0.4) is 0 Å². The average Bonchev–Trinajstić information content (AvgIpc) is 3.47. The number of fused-ring (bicyclic) bond motifs is 5. The van der Waals surface area contributed by atoms with Crippen LogP contribution < -0.4 is 10.1 Å². The first-order chi connectivity index (χ1) is 15.1. The molecule has 0 aromatic heterocycles. The summed E-state index contributed by atoms with van der Waals surface area (Å²) in [5, 5.41) is 2.88. The Morgan fingerprint density at radius 2 is 1.61 bits per heavy atom. The first-order valence-corrected chi connectivity index (χ1v) is 10.6. The molecule has 3 aliphatic rings. The Morgan fingerprint density at radius 3 is 2.19 bits per heavy atom. The molecule has 0 radical (unpaired) electrons. The number of hydrogen-bond donors (Lipinski definition) is 1. The number of methoxy groups -OCH3 is 1. The number of rotatable bonds is 6. The Hall–Kier alpha value is -3.41. The minimum Gasteiger partial charge on any atom is -0.497 e. The lowest BCUT2D eigenvalue weighted by atomic mass is 9.85. The third kappa shape index (κ3) is 3.32. The number of anilines is 1. The number of imide groups is 1. The standard InChI is InChI=1S/C25H24N2O4/c1-31-19-11-9-18(10-12-19)26-23(28)20(13-15-5-3-2-4-6-15)27-24(29)21-16-7-8-17(14-16)22(21)25(27)30/h2-12,16-17,20-22H,13-14H2,1H3,(H,26,28)/t16-,17-,20-,21-,22-/m0/s1. The third-order valence-electron chi connectivity index (χ3n) is 6.75. The molecule has 31 heavy (non-hydrogen) atoms. The van der Waals surface area contributed by atoms with Gasteiger partial charge in [0.25, 0.3) is 0 Å². The van der Waals surface area contributed by atoms with Gasteiger partial charge in [0.1, 0.15) is 11.8 Å². The van der Waals surface area contributed by atoms with Crippen LogP contribution in [-0.2, 0) is 20.8 Å². The monoisotopic (exact) mass is 416 g/mol. The quantitative estimate of drug-likeness (QED) is 0.580. The Morgan fingerprint density at radius 1 is 1.00 bits per heavy atom. The molecule has 2 aromatic carbocycles. The van der Waals surface area contributed by atoms with Crippen LogP contribution in [0.15, 0.2) is 66.7 Å². The van der Waals surface area contributed by atoms with Crippen molar-refractivity contribution in [2.24, 2.45) is 23.7 Å². The van der Waals surface area contributed by atoms with Crippen LogP contribution >= 0.6 is 0 Å². The van der Waals surface area contributed by atoms with Crippen LogP contribution in [0.4, 0.5) is 5.69 Å². The van der Waals surface area contributed by atoms with Crippen LogP contribution in [-0.4, -0.2) is 35.8 Å². The first kappa shape index (κ1) is 19.5. The van der Waals surface area contributed by atoms with E-state index < -0.39 is 6.04 Å². The fourth-order valence-corrected chi connectivity index (χ4v) is 5.27. The summed E-state index contributed by atoms with van der Waals surface area (Å²) in [6.45, 7) is 0. The number of hydrogen-bond acceptors (Lipinski definition) is 4. The molecule has 2 aromatic rings. The zero-order chi connectivity index (χ0) is 21.5. The van der Waals surface area contributed by atoms with Gasteiger partial charge < -0.3 is 10.1 Å². The number of amides is 3. The number of ether oxygens (including phenoxy) is 1. The van der Waals surface area contributed by atoms with Gasteiger partial charge in [-0.1, -0.05) is 42.5 Å². The van der Waals surface area contributed by atoms with Crippen molar-refractivity contribution in [1.82, 2.24) is 4.90 Å². The van der Waals surface area contributed by atoms with Crippen molar-refractivity contribution in [3.63, 3.8) is 0 Å². The van der Waals surface area contributed by atoms with E-state index in [2.05, 4.69) is 17.5 Å². The van der Waals surface area contributed by atoms with Gasteiger partial charge in [-0.05, 0) is 48.1 Å². The Bertz CT molecular complexity index is 1020. The summed E-state index contributed by atoms with van der Waals surface area (Å²) in [6.07, 6.45) is 5.26. The fraction of sp³-hybridized carbons (Fsp3) is 0.320. The maximum Gasteiger partial charge on any atom is 0.248 e. The number of allylic oxidation sites excluding steroid dienone is 2. The Balaban J connectivity index is 1.43. The summed E-state index contributed by atoms with van der Waals surface area (Å²) in [4.78, 5) is 41.3. The molecular weight excluding hydrogens is 392 g/mol. The molecule has 0 spiro atoms. The summed E-state index contributed by atoms with van der Waals surface area (Å²) in [7, 11) is 1.58. The molecule has 0 unspecified atom stereocenters. The summed E-state index contributed by atoms with van der Waals surface area (Å²) in [6, 6.07) is 15.6. The van der Waals surface area contributed by atoms with Gasteiger partial charge in [-0.3, -0.25) is 19.3 Å². The van der Waals surface area contributed by atoms with Gasteiger partial charge in [0.15, 0.2) is 0 Å². The van der Waals surface area contributed by atoms with E-state index in [4.69, 9.17) is 4.74 Å². The highest BCUT2D eigenvalue weighted by molar-refractivity contribution is 6.10. The van der Waals surface area contributed by atoms with Crippen molar-refractivity contribution in [2.75, 3.05) is 12.4 Å². The highest BCUT2D eigenvalue weighted by Gasteiger charge is 2.61. The van der Waals surface area contributed by atoms with Crippen molar-refractivity contribution in [1.29, 1.82) is 0 Å². The van der Waals surface area contributed by atoms with Gasteiger partial charge in [-0.15, -0.1) is 0 Å². The third-order valence-corrected chi connectivity index (χ3v) is 6.75. The predicted octanol–water partition coefficient (Wildman–Crippen LogP) is 3.05. The summed E-state index contributed by atoms with van der Waals surface area (Å²) in [5.41, 5.74) is 1.49. The molecule has 3 amide bonds. The smallest absolute Gasteiger partial charge is 0.248 e. The second kappa shape index (κ2) is 7.69. The van der Waals surface area contributed by atoms with Gasteiger partial charge in [-0.25, -0.2) is 0 Å². The van der Waals surface area contributed by atoms with Crippen LogP contribution in [0.2, 0.25) is 0 Å². The van der Waals surface area contributed by atoms with Crippen LogP contribution in [0, 0.1) is 23.7 Å². The fourth-order valence-electron chi connectivity index (χ4n) is 5.27. The molecular formula is C25H24N2O4. The van der Waals surface area contributed by atoms with E-state index in [1.807, 2.05) is 30.3 Å². The first-order valence-electron chi connectivity index (χ1n) is 10.6. The minimum absolute atomic E-state index is 0.110. The average molecular weight is 416 g/mol. The SMILES string of the molecule is COc1ccc(NC(=O)[C@H](Cc2ccccc2)N2C(=O)[C@@H]3[C@@H](C2=O)[C@H]2C=C[C@H]3C2)cc1. The molecule has 5 atom stereocenters. The molecule has 1 N–H and O–H groups in total. The van der Waals surface area contributed by atoms with Gasteiger partial charge in [0.2, 0.25) is 17.7 Å². The van der Waals surface area contributed by atoms with Gasteiger partial charge in [0, 0.05) is 12.1 Å². The number of benzene rings is 2. The molecule has 2 fully saturated rings. The van der Waals surface area contributed by atoms with E-state index in [9.17, 15) is 14.4 Å². The number of nitrogens with zero attached hydrogens (tertiary/aromatic N) is 1. The second-order valence-corrected chi connectivity index (χ2v) is 8.47. The molecule has 1 saturated carbocycles. The van der Waals surface area contributed by atoms with E-state index in [0.29, 0.717) is 11.4 Å². The van der Waals surface area contributed by atoms with Gasteiger partial charge in [0.05, 0.1) is 18.9 Å². The molecule has 2 bridgehead atoms. The zero-order valence-electron chi connectivity index (χ0n) is 17.2. The van der Waals surface area contributed by atoms with Crippen molar-refractivity contribution >= 4 is 23.4 Å². The van der Waals surface area contributed by atoms with Gasteiger partial charge in [-0.2, -0.15) is 0 Å². The highest BCUT2D eigenvalue weighted by atomic mass is 16.5. The molecule has 2 aliphatic carbocycles. The van der Waals surface area contributed by atoms with E-state index in [0.717, 1.165) is 12.0 Å². The van der Waals surface area contributed by atoms with E-state index in [1.54, 1.807) is 31.4 Å². The van der Waals surface area contributed by atoms with Crippen LogP contribution in [0.5, 0.6) is 5.75 Å². The number of carbonyl (C=O) groups is 3. The molecule has 158 valence electrons. The molecule has 1 aliphatic heterocycles. The summed E-state index contributed by atoms with van der Waals surface area (Å²) in [5.74, 6) is -0.535. The molecule has 1 saturated heterocycles. The minimum atomic E-state index is -0.894. The van der Waals surface area contributed by atoms with Gasteiger partial charge >= 0.3 is 0 Å². The predicted molar refractivity (Wildman–Crippen MR) is 115 cm³/mol. The topological polar surface area (TPSA) is 75.7 Å². The lowest BCUT2D eigenvalue weighted by Gasteiger charge is -2.27. The van der Waals surface area contributed by atoms with Crippen molar-refractivity contribution in [3.05, 3.63) is 72.3 Å².